The van der Waals surface area contributed by atoms with E-state index in [1.807, 2.05) is 12.1 Å². The van der Waals surface area contributed by atoms with Gasteiger partial charge in [0.1, 0.15) is 0 Å². The Morgan fingerprint density at radius 3 is 2.75 bits per heavy atom. The molecule has 1 N–H and O–H groups in total. The fraction of sp³-hybridized carbons (Fsp3) is 0.444. The molecule has 1 amide bonds. The average Bonchev–Trinajstić information content (AvgIpc) is 3.20. The number of rotatable bonds is 6. The predicted octanol–water partition coefficient (Wildman–Crippen LogP) is 2.41. The summed E-state index contributed by atoms with van der Waals surface area (Å²) in [6.07, 6.45) is 3.89. The highest BCUT2D eigenvalue weighted by molar-refractivity contribution is 7.86. The summed E-state index contributed by atoms with van der Waals surface area (Å²) in [5, 5.41) is 2.65. The van der Waals surface area contributed by atoms with Crippen molar-refractivity contribution in [3.8, 4) is 0 Å². The molecule has 0 radical (unpaired) electrons. The molecular formula is C18H24N4O5S. The summed E-state index contributed by atoms with van der Waals surface area (Å²) in [6.45, 7) is 0.988. The van der Waals surface area contributed by atoms with Gasteiger partial charge in [-0.1, -0.05) is 12.1 Å². The molecule has 0 aliphatic carbocycles. The molecule has 3 rings (SSSR count). The molecule has 1 fully saturated rings. The molecule has 1 aromatic heterocycles. The normalized spacial score (nSPS) is 18.2. The zero-order valence-electron chi connectivity index (χ0n) is 15.9. The third-order valence-corrected chi connectivity index (χ3v) is 6.54. The fourth-order valence-electron chi connectivity index (χ4n) is 3.10. The van der Waals surface area contributed by atoms with E-state index in [1.54, 1.807) is 26.2 Å². The predicted molar refractivity (Wildman–Crippen MR) is 103 cm³/mol. The van der Waals surface area contributed by atoms with Crippen molar-refractivity contribution in [2.24, 2.45) is 0 Å². The molecule has 9 nitrogen and oxygen atoms in total. The van der Waals surface area contributed by atoms with Gasteiger partial charge in [0.2, 0.25) is 0 Å². The lowest BCUT2D eigenvalue weighted by Crippen LogP contribution is -2.44. The molecule has 1 aliphatic rings. The Morgan fingerprint density at radius 2 is 2.11 bits per heavy atom. The molecule has 28 heavy (non-hydrogen) atoms. The van der Waals surface area contributed by atoms with E-state index in [2.05, 4.69) is 10.3 Å². The van der Waals surface area contributed by atoms with Crippen LogP contribution in [0.3, 0.4) is 0 Å². The number of ether oxygens (including phenoxy) is 1. The largest absolute Gasteiger partial charge is 0.445 e. The topological polar surface area (TPSA) is 105 Å². The van der Waals surface area contributed by atoms with Crippen LogP contribution in [0.1, 0.15) is 30.1 Å². The summed E-state index contributed by atoms with van der Waals surface area (Å²) in [7, 11) is -0.324. The highest BCUT2D eigenvalue weighted by Crippen LogP contribution is 2.29. The number of benzene rings is 1. The van der Waals surface area contributed by atoms with Crippen molar-refractivity contribution >= 4 is 22.0 Å². The number of piperidine rings is 1. The van der Waals surface area contributed by atoms with Crippen LogP contribution in [0.4, 0.5) is 10.5 Å². The Morgan fingerprint density at radius 1 is 1.36 bits per heavy atom. The van der Waals surface area contributed by atoms with Crippen molar-refractivity contribution in [3.63, 3.8) is 0 Å². The second-order valence-electron chi connectivity index (χ2n) is 6.78. The summed E-state index contributed by atoms with van der Waals surface area (Å²) >= 11 is 0. The van der Waals surface area contributed by atoms with Crippen molar-refractivity contribution in [2.75, 3.05) is 32.5 Å². The molecule has 1 aliphatic heterocycles. The van der Waals surface area contributed by atoms with Crippen LogP contribution >= 0.6 is 0 Å². The van der Waals surface area contributed by atoms with Gasteiger partial charge in [-0.3, -0.25) is 5.32 Å². The number of amides is 1. The minimum Gasteiger partial charge on any atom is -0.445 e. The number of carbonyl (C=O) groups excluding carboxylic acids is 1. The molecule has 1 saturated heterocycles. The van der Waals surface area contributed by atoms with Gasteiger partial charge in [0.15, 0.2) is 18.8 Å². The summed E-state index contributed by atoms with van der Waals surface area (Å²) in [6, 6.07) is 7.37. The van der Waals surface area contributed by atoms with E-state index < -0.39 is 16.3 Å². The number of nitrogens with one attached hydrogen (secondary N) is 1. The van der Waals surface area contributed by atoms with E-state index in [-0.39, 0.29) is 12.5 Å². The van der Waals surface area contributed by atoms with Gasteiger partial charge >= 0.3 is 6.09 Å². The highest BCUT2D eigenvalue weighted by atomic mass is 32.2. The van der Waals surface area contributed by atoms with Crippen LogP contribution in [0.5, 0.6) is 0 Å². The molecule has 152 valence electrons. The molecule has 0 unspecified atom stereocenters. The summed E-state index contributed by atoms with van der Waals surface area (Å²) in [4.78, 5) is 15.6. The quantitative estimate of drug-likeness (QED) is 0.787. The highest BCUT2D eigenvalue weighted by Gasteiger charge is 2.30. The molecular weight excluding hydrogens is 384 g/mol. The molecule has 0 bridgehead atoms. The van der Waals surface area contributed by atoms with Crippen LogP contribution in [0.25, 0.3) is 0 Å². The summed E-state index contributed by atoms with van der Waals surface area (Å²) < 4.78 is 37.5. The molecule has 10 heteroatoms. The second-order valence-corrected chi connectivity index (χ2v) is 8.92. The van der Waals surface area contributed by atoms with E-state index in [1.165, 1.54) is 21.2 Å². The van der Waals surface area contributed by atoms with E-state index in [0.717, 1.165) is 18.4 Å². The van der Waals surface area contributed by atoms with Crippen LogP contribution in [-0.2, 0) is 21.6 Å². The smallest absolute Gasteiger partial charge is 0.412 e. The van der Waals surface area contributed by atoms with Gasteiger partial charge in [-0.2, -0.15) is 17.0 Å². The van der Waals surface area contributed by atoms with Crippen molar-refractivity contribution in [1.29, 1.82) is 0 Å². The maximum Gasteiger partial charge on any atom is 0.412 e. The molecule has 2 heterocycles. The first-order chi connectivity index (χ1) is 13.4. The van der Waals surface area contributed by atoms with Gasteiger partial charge in [0.05, 0.1) is 6.20 Å². The average molecular weight is 408 g/mol. The molecule has 0 spiro atoms. The molecule has 2 aromatic rings. The second kappa shape index (κ2) is 8.72. The third-order valence-electron chi connectivity index (χ3n) is 4.63. The van der Waals surface area contributed by atoms with Crippen LogP contribution < -0.4 is 5.32 Å². The fourth-order valence-corrected chi connectivity index (χ4v) is 4.29. The number of nitrogens with zero attached hydrogens (tertiary/aromatic N) is 3. The Hall–Kier alpha value is -2.43. The lowest BCUT2D eigenvalue weighted by atomic mass is 9.91. The third kappa shape index (κ3) is 4.89. The van der Waals surface area contributed by atoms with Gasteiger partial charge in [0.25, 0.3) is 10.2 Å². The number of aromatic nitrogens is 1. The first-order valence-electron chi connectivity index (χ1n) is 8.95. The van der Waals surface area contributed by atoms with Crippen molar-refractivity contribution < 1.29 is 22.4 Å². The maximum atomic E-state index is 12.4. The molecule has 0 saturated carbocycles. The summed E-state index contributed by atoms with van der Waals surface area (Å²) in [5.41, 5.74) is 1.64. The minimum absolute atomic E-state index is 0.00216. The number of carbonyl (C=O) groups is 1. The van der Waals surface area contributed by atoms with Crippen molar-refractivity contribution in [2.45, 2.75) is 25.4 Å². The Kier molecular flexibility index (Phi) is 6.32. The zero-order valence-corrected chi connectivity index (χ0v) is 16.7. The number of oxazole rings is 1. The van der Waals surface area contributed by atoms with Gasteiger partial charge in [-0.05, 0) is 36.5 Å². The Labute approximate surface area is 164 Å². The molecule has 1 atom stereocenters. The number of hydrogen-bond donors (Lipinski definition) is 1. The first kappa shape index (κ1) is 20.3. The van der Waals surface area contributed by atoms with Gasteiger partial charge in [-0.25, -0.2) is 9.78 Å². The SMILES string of the molecule is CN(C)S(=O)(=O)N1CCC[C@H](c2ccc(NC(=O)OCc3cnco3)cc2)C1. The van der Waals surface area contributed by atoms with Gasteiger partial charge < -0.3 is 9.15 Å². The molecule has 1 aromatic carbocycles. The lowest BCUT2D eigenvalue weighted by molar-refractivity contribution is 0.146. The standard InChI is InChI=1S/C18H24N4O5S/c1-21(2)28(24,25)22-9-3-4-15(11-22)14-5-7-16(8-6-14)20-18(23)26-12-17-10-19-13-27-17/h5-8,10,13,15H,3-4,9,11-12H2,1-2H3,(H,20,23)/t15-/m0/s1. The first-order valence-corrected chi connectivity index (χ1v) is 10.3. The van der Waals surface area contributed by atoms with Crippen molar-refractivity contribution in [3.05, 3.63) is 48.2 Å². The van der Waals surface area contributed by atoms with Gasteiger partial charge in [0, 0.05) is 32.9 Å². The Balaban J connectivity index is 1.57. The van der Waals surface area contributed by atoms with E-state index >= 15 is 0 Å². The summed E-state index contributed by atoms with van der Waals surface area (Å²) in [5.74, 6) is 0.580. The van der Waals surface area contributed by atoms with E-state index in [4.69, 9.17) is 9.15 Å². The number of anilines is 1. The van der Waals surface area contributed by atoms with Crippen LogP contribution in [-0.4, -0.2) is 55.3 Å². The number of hydrogen-bond acceptors (Lipinski definition) is 6. The maximum absolute atomic E-state index is 12.4. The Bertz CT molecular complexity index is 881. The minimum atomic E-state index is -3.41. The van der Waals surface area contributed by atoms with Gasteiger partial charge in [-0.15, -0.1) is 0 Å². The van der Waals surface area contributed by atoms with Crippen LogP contribution in [0, 0.1) is 0 Å². The van der Waals surface area contributed by atoms with Crippen LogP contribution in [0.2, 0.25) is 0 Å². The van der Waals surface area contributed by atoms with Crippen molar-refractivity contribution in [1.82, 2.24) is 13.6 Å². The zero-order chi connectivity index (χ0) is 20.1. The van der Waals surface area contributed by atoms with Crippen LogP contribution in [0.15, 0.2) is 41.3 Å². The lowest BCUT2D eigenvalue weighted by Gasteiger charge is -2.33. The van der Waals surface area contributed by atoms with E-state index in [0.29, 0.717) is 24.5 Å². The monoisotopic (exact) mass is 408 g/mol. The van der Waals surface area contributed by atoms with E-state index in [9.17, 15) is 13.2 Å².